The molecule has 26 heavy (non-hydrogen) atoms. The largest absolute Gasteiger partial charge is 0.508 e. The quantitative estimate of drug-likeness (QED) is 0.504. The van der Waals surface area contributed by atoms with E-state index >= 15 is 0 Å². The van der Waals surface area contributed by atoms with Crippen LogP contribution in [0.25, 0.3) is 6.08 Å². The van der Waals surface area contributed by atoms with Crippen molar-refractivity contribution in [3.8, 4) is 11.8 Å². The lowest BCUT2D eigenvalue weighted by molar-refractivity contribution is -0.158. The molecular formula is C21H20N2O3. The minimum atomic E-state index is -0.738. The number of nitrogens with one attached hydrogen (secondary N) is 1. The molecule has 0 atom stereocenters. The first-order valence-corrected chi connectivity index (χ1v) is 8.53. The molecule has 1 aliphatic heterocycles. The van der Waals surface area contributed by atoms with Crippen molar-refractivity contribution in [1.29, 1.82) is 5.26 Å². The van der Waals surface area contributed by atoms with E-state index in [1.807, 2.05) is 36.4 Å². The molecule has 0 bridgehead atoms. The smallest absolute Gasteiger partial charge is 0.349 e. The van der Waals surface area contributed by atoms with Crippen LogP contribution in [0.5, 0.6) is 5.75 Å². The zero-order valence-corrected chi connectivity index (χ0v) is 14.3. The Kier molecular flexibility index (Phi) is 5.35. The van der Waals surface area contributed by atoms with Crippen molar-refractivity contribution in [2.24, 2.45) is 0 Å². The number of piperidine rings is 1. The number of ether oxygens (including phenoxy) is 1. The highest BCUT2D eigenvalue weighted by atomic mass is 16.6. The van der Waals surface area contributed by atoms with Gasteiger partial charge in [-0.3, -0.25) is 0 Å². The summed E-state index contributed by atoms with van der Waals surface area (Å²) >= 11 is 0. The van der Waals surface area contributed by atoms with E-state index in [0.717, 1.165) is 18.7 Å². The van der Waals surface area contributed by atoms with Gasteiger partial charge in [-0.25, -0.2) is 4.79 Å². The molecule has 0 unspecified atom stereocenters. The summed E-state index contributed by atoms with van der Waals surface area (Å²) in [6, 6.07) is 17.9. The van der Waals surface area contributed by atoms with E-state index in [1.165, 1.54) is 18.2 Å². The molecule has 132 valence electrons. The van der Waals surface area contributed by atoms with E-state index < -0.39 is 11.6 Å². The van der Waals surface area contributed by atoms with Crippen LogP contribution in [0.1, 0.15) is 24.0 Å². The first-order chi connectivity index (χ1) is 12.6. The predicted molar refractivity (Wildman–Crippen MR) is 98.0 cm³/mol. The summed E-state index contributed by atoms with van der Waals surface area (Å²) in [5, 5.41) is 22.2. The van der Waals surface area contributed by atoms with Crippen molar-refractivity contribution < 1.29 is 14.6 Å². The molecule has 5 heteroatoms. The Hall–Kier alpha value is -3.10. The Balaban J connectivity index is 1.88. The fraction of sp³-hybridized carbons (Fsp3) is 0.238. The number of esters is 1. The molecule has 0 saturated carbocycles. The first-order valence-electron chi connectivity index (χ1n) is 8.53. The molecule has 1 heterocycles. The maximum atomic E-state index is 12.7. The van der Waals surface area contributed by atoms with Crippen LogP contribution in [-0.2, 0) is 15.1 Å². The van der Waals surface area contributed by atoms with E-state index in [1.54, 1.807) is 12.1 Å². The van der Waals surface area contributed by atoms with Crippen LogP contribution in [0.3, 0.4) is 0 Å². The Morgan fingerprint density at radius 1 is 1.15 bits per heavy atom. The molecule has 2 aromatic carbocycles. The third kappa shape index (κ3) is 3.93. The van der Waals surface area contributed by atoms with Crippen LogP contribution in [0.4, 0.5) is 0 Å². The number of carbonyl (C=O) groups is 1. The molecule has 1 aliphatic rings. The lowest BCUT2D eigenvalue weighted by Gasteiger charge is -2.37. The fourth-order valence-electron chi connectivity index (χ4n) is 3.17. The SMILES string of the molecule is N#C/C(=C\c1cccc(O)c1)C(=O)OC1(c2ccccc2)CCNCC1. The van der Waals surface area contributed by atoms with Gasteiger partial charge in [-0.1, -0.05) is 42.5 Å². The highest BCUT2D eigenvalue weighted by molar-refractivity contribution is 5.98. The molecular weight excluding hydrogens is 328 g/mol. The fourth-order valence-corrected chi connectivity index (χ4v) is 3.17. The molecule has 1 saturated heterocycles. The summed E-state index contributed by atoms with van der Waals surface area (Å²) in [6.07, 6.45) is 2.73. The molecule has 0 radical (unpaired) electrons. The van der Waals surface area contributed by atoms with Crippen LogP contribution in [0.2, 0.25) is 0 Å². The summed E-state index contributed by atoms with van der Waals surface area (Å²) in [5.74, 6) is -0.579. The van der Waals surface area contributed by atoms with Crippen LogP contribution in [0, 0.1) is 11.3 Å². The third-order valence-electron chi connectivity index (χ3n) is 4.52. The van der Waals surface area contributed by atoms with Gasteiger partial charge in [0.2, 0.25) is 0 Å². The molecule has 0 aliphatic carbocycles. The highest BCUT2D eigenvalue weighted by Crippen LogP contribution is 2.35. The van der Waals surface area contributed by atoms with E-state index in [4.69, 9.17) is 4.74 Å². The molecule has 2 N–H and O–H groups in total. The summed E-state index contributed by atoms with van der Waals surface area (Å²) < 4.78 is 5.89. The van der Waals surface area contributed by atoms with Crippen LogP contribution in [-0.4, -0.2) is 24.2 Å². The van der Waals surface area contributed by atoms with Gasteiger partial charge in [-0.2, -0.15) is 5.26 Å². The van der Waals surface area contributed by atoms with Crippen molar-refractivity contribution >= 4 is 12.0 Å². The molecule has 0 spiro atoms. The van der Waals surface area contributed by atoms with Gasteiger partial charge in [-0.15, -0.1) is 0 Å². The van der Waals surface area contributed by atoms with Gasteiger partial charge in [0.05, 0.1) is 0 Å². The average Bonchev–Trinajstić information content (AvgIpc) is 2.67. The minimum absolute atomic E-state index is 0.0727. The number of phenols is 1. The number of nitrogens with zero attached hydrogens (tertiary/aromatic N) is 1. The molecule has 5 nitrogen and oxygen atoms in total. The standard InChI is InChI=1S/C21H20N2O3/c22-15-17(13-16-5-4-8-19(24)14-16)20(25)26-21(9-11-23-12-10-21)18-6-2-1-3-7-18/h1-8,13-14,23-24H,9-12H2/b17-13+. The van der Waals surface area contributed by atoms with Gasteiger partial charge >= 0.3 is 5.97 Å². The molecule has 0 amide bonds. The maximum absolute atomic E-state index is 12.7. The van der Waals surface area contributed by atoms with Crippen LogP contribution >= 0.6 is 0 Å². The number of phenolic OH excluding ortho intramolecular Hbond substituents is 1. The second-order valence-electron chi connectivity index (χ2n) is 6.26. The summed E-state index contributed by atoms with van der Waals surface area (Å²) in [5.41, 5.74) is 0.671. The molecule has 0 aromatic heterocycles. The van der Waals surface area contributed by atoms with Crippen LogP contribution < -0.4 is 5.32 Å². The Morgan fingerprint density at radius 2 is 1.88 bits per heavy atom. The van der Waals surface area contributed by atoms with E-state index in [-0.39, 0.29) is 11.3 Å². The maximum Gasteiger partial charge on any atom is 0.349 e. The molecule has 2 aromatic rings. The number of benzene rings is 2. The number of hydrogen-bond donors (Lipinski definition) is 2. The monoisotopic (exact) mass is 348 g/mol. The summed E-state index contributed by atoms with van der Waals surface area (Å²) in [7, 11) is 0. The van der Waals surface area contributed by atoms with Crippen molar-refractivity contribution in [2.75, 3.05) is 13.1 Å². The number of hydrogen-bond acceptors (Lipinski definition) is 5. The van der Waals surface area contributed by atoms with Gasteiger partial charge in [0, 0.05) is 12.8 Å². The molecule has 3 rings (SSSR count). The number of nitriles is 1. The van der Waals surface area contributed by atoms with Gasteiger partial charge in [-0.05, 0) is 42.4 Å². The van der Waals surface area contributed by atoms with Gasteiger partial charge < -0.3 is 15.2 Å². The second kappa shape index (κ2) is 7.85. The zero-order valence-electron chi connectivity index (χ0n) is 14.3. The topological polar surface area (TPSA) is 82.3 Å². The van der Waals surface area contributed by atoms with Crippen LogP contribution in [0.15, 0.2) is 60.2 Å². The summed E-state index contributed by atoms with van der Waals surface area (Å²) in [4.78, 5) is 12.7. The highest BCUT2D eigenvalue weighted by Gasteiger charge is 2.38. The van der Waals surface area contributed by atoms with Crippen molar-refractivity contribution in [3.63, 3.8) is 0 Å². The van der Waals surface area contributed by atoms with E-state index in [2.05, 4.69) is 5.32 Å². The Bertz CT molecular complexity index is 847. The molecule has 1 fully saturated rings. The number of carbonyl (C=O) groups excluding carboxylic acids is 1. The third-order valence-corrected chi connectivity index (χ3v) is 4.52. The Labute approximate surface area is 152 Å². The minimum Gasteiger partial charge on any atom is -0.508 e. The first kappa shape index (κ1) is 17.7. The van der Waals surface area contributed by atoms with Gasteiger partial charge in [0.1, 0.15) is 23.0 Å². The normalized spacial score (nSPS) is 16.5. The lowest BCUT2D eigenvalue weighted by Crippen LogP contribution is -2.43. The number of aromatic hydroxyl groups is 1. The van der Waals surface area contributed by atoms with E-state index in [0.29, 0.717) is 18.4 Å². The zero-order chi connectivity index (χ0) is 18.4. The second-order valence-corrected chi connectivity index (χ2v) is 6.26. The lowest BCUT2D eigenvalue weighted by atomic mass is 9.84. The average molecular weight is 348 g/mol. The van der Waals surface area contributed by atoms with Gasteiger partial charge in [0.15, 0.2) is 0 Å². The van der Waals surface area contributed by atoms with Crippen molar-refractivity contribution in [3.05, 3.63) is 71.3 Å². The summed E-state index contributed by atoms with van der Waals surface area (Å²) in [6.45, 7) is 1.47. The van der Waals surface area contributed by atoms with E-state index in [9.17, 15) is 15.2 Å². The predicted octanol–water partition coefficient (Wildman–Crippen LogP) is 3.12. The van der Waals surface area contributed by atoms with Crippen molar-refractivity contribution in [1.82, 2.24) is 5.32 Å². The number of rotatable bonds is 4. The van der Waals surface area contributed by atoms with Crippen molar-refractivity contribution in [2.45, 2.75) is 18.4 Å². The Morgan fingerprint density at radius 3 is 2.54 bits per heavy atom. The van der Waals surface area contributed by atoms with Gasteiger partial charge in [0.25, 0.3) is 0 Å².